The van der Waals surface area contributed by atoms with Crippen LogP contribution in [0.4, 0.5) is 9.93 Å². The molecule has 0 bridgehead atoms. The summed E-state index contributed by atoms with van der Waals surface area (Å²) in [5.41, 5.74) is 0.885. The summed E-state index contributed by atoms with van der Waals surface area (Å²) in [5, 5.41) is 11.7. The molecule has 2 aromatic rings. The summed E-state index contributed by atoms with van der Waals surface area (Å²) in [6, 6.07) is 3.50. The molecule has 2 rings (SSSR count). The third-order valence-corrected chi connectivity index (χ3v) is 2.84. The number of anilines is 1. The molecule has 0 fully saturated rings. The Hall–Kier alpha value is -2.02. The minimum absolute atomic E-state index is 0.223. The maximum atomic E-state index is 11.4. The molecule has 0 atom stereocenters. The first kappa shape index (κ1) is 11.5. The molecule has 88 valence electrons. The standard InChI is InChI=1S/C10H11N5OS/c1-15(2)10(16)12-9-14-13-8(17-9)7-4-3-5-11-6-7/h3-6H,1-2H3,(H,12,14,16). The molecule has 2 heterocycles. The summed E-state index contributed by atoms with van der Waals surface area (Å²) in [5.74, 6) is 0. The molecule has 7 heteroatoms. The van der Waals surface area contributed by atoms with Gasteiger partial charge in [0, 0.05) is 32.1 Å². The van der Waals surface area contributed by atoms with Gasteiger partial charge in [-0.3, -0.25) is 10.3 Å². The number of rotatable bonds is 2. The van der Waals surface area contributed by atoms with Crippen molar-refractivity contribution in [3.8, 4) is 10.6 Å². The van der Waals surface area contributed by atoms with Gasteiger partial charge >= 0.3 is 6.03 Å². The van der Waals surface area contributed by atoms with E-state index in [0.29, 0.717) is 5.13 Å². The highest BCUT2D eigenvalue weighted by Crippen LogP contribution is 2.25. The SMILES string of the molecule is CN(C)C(=O)Nc1nnc(-c2cccnc2)s1. The van der Waals surface area contributed by atoms with E-state index in [4.69, 9.17) is 0 Å². The Morgan fingerprint density at radius 1 is 1.41 bits per heavy atom. The summed E-state index contributed by atoms with van der Waals surface area (Å²) in [6.07, 6.45) is 3.40. The quantitative estimate of drug-likeness (QED) is 0.879. The van der Waals surface area contributed by atoms with E-state index in [1.165, 1.54) is 16.2 Å². The molecule has 6 nitrogen and oxygen atoms in total. The summed E-state index contributed by atoms with van der Waals surface area (Å²) in [4.78, 5) is 16.8. The molecule has 0 saturated heterocycles. The molecule has 0 spiro atoms. The van der Waals surface area contributed by atoms with E-state index in [1.54, 1.807) is 26.5 Å². The van der Waals surface area contributed by atoms with Crippen LogP contribution in [0.3, 0.4) is 0 Å². The molecule has 0 unspecified atom stereocenters. The van der Waals surface area contributed by atoms with Crippen LogP contribution in [-0.4, -0.2) is 40.2 Å². The number of aromatic nitrogens is 3. The van der Waals surface area contributed by atoms with Crippen molar-refractivity contribution in [3.05, 3.63) is 24.5 Å². The van der Waals surface area contributed by atoms with Crippen molar-refractivity contribution in [3.63, 3.8) is 0 Å². The van der Waals surface area contributed by atoms with Gasteiger partial charge in [-0.25, -0.2) is 4.79 Å². The van der Waals surface area contributed by atoms with Crippen LogP contribution in [0.5, 0.6) is 0 Å². The lowest BCUT2D eigenvalue weighted by Crippen LogP contribution is -2.27. The van der Waals surface area contributed by atoms with E-state index in [0.717, 1.165) is 10.6 Å². The predicted molar refractivity (Wildman–Crippen MR) is 65.8 cm³/mol. The van der Waals surface area contributed by atoms with E-state index >= 15 is 0 Å². The molecule has 0 aliphatic heterocycles. The second-order valence-corrected chi connectivity index (χ2v) is 4.46. The van der Waals surface area contributed by atoms with Crippen molar-refractivity contribution >= 4 is 22.5 Å². The van der Waals surface area contributed by atoms with Gasteiger partial charge in [-0.1, -0.05) is 11.3 Å². The number of nitrogens with one attached hydrogen (secondary N) is 1. The van der Waals surface area contributed by atoms with E-state index < -0.39 is 0 Å². The normalized spacial score (nSPS) is 10.0. The first-order valence-electron chi connectivity index (χ1n) is 4.89. The number of amides is 2. The highest BCUT2D eigenvalue weighted by Gasteiger charge is 2.10. The van der Waals surface area contributed by atoms with Gasteiger partial charge in [0.1, 0.15) is 0 Å². The average Bonchev–Trinajstić information content (AvgIpc) is 2.78. The van der Waals surface area contributed by atoms with Crippen LogP contribution >= 0.6 is 11.3 Å². The molecule has 2 aromatic heterocycles. The second-order valence-electron chi connectivity index (χ2n) is 3.48. The van der Waals surface area contributed by atoms with Crippen molar-refractivity contribution in [2.45, 2.75) is 0 Å². The van der Waals surface area contributed by atoms with Crippen molar-refractivity contribution in [1.29, 1.82) is 0 Å². The Morgan fingerprint density at radius 2 is 2.24 bits per heavy atom. The number of hydrogen-bond donors (Lipinski definition) is 1. The highest BCUT2D eigenvalue weighted by molar-refractivity contribution is 7.18. The van der Waals surface area contributed by atoms with Crippen LogP contribution in [0.25, 0.3) is 10.6 Å². The fourth-order valence-corrected chi connectivity index (χ4v) is 1.81. The Bertz CT molecular complexity index is 510. The number of pyridine rings is 1. The molecule has 1 N–H and O–H groups in total. The molecule has 0 aliphatic carbocycles. The monoisotopic (exact) mass is 249 g/mol. The summed E-state index contributed by atoms with van der Waals surface area (Å²) in [6.45, 7) is 0. The number of nitrogens with zero attached hydrogens (tertiary/aromatic N) is 4. The molecule has 2 amide bonds. The zero-order valence-electron chi connectivity index (χ0n) is 9.41. The van der Waals surface area contributed by atoms with Gasteiger partial charge < -0.3 is 4.90 Å². The zero-order valence-corrected chi connectivity index (χ0v) is 10.2. The van der Waals surface area contributed by atoms with Crippen LogP contribution < -0.4 is 5.32 Å². The van der Waals surface area contributed by atoms with Crippen molar-refractivity contribution in [1.82, 2.24) is 20.1 Å². The van der Waals surface area contributed by atoms with Crippen LogP contribution in [0.2, 0.25) is 0 Å². The molecule has 0 aliphatic rings. The highest BCUT2D eigenvalue weighted by atomic mass is 32.1. The number of carbonyl (C=O) groups excluding carboxylic acids is 1. The molecular weight excluding hydrogens is 238 g/mol. The predicted octanol–water partition coefficient (Wildman–Crippen LogP) is 1.69. The van der Waals surface area contributed by atoms with Crippen LogP contribution in [0.15, 0.2) is 24.5 Å². The molecule has 0 radical (unpaired) electrons. The lowest BCUT2D eigenvalue weighted by Gasteiger charge is -2.08. The summed E-state index contributed by atoms with van der Waals surface area (Å²) in [7, 11) is 3.33. The van der Waals surface area contributed by atoms with Gasteiger partial charge in [0.25, 0.3) is 0 Å². The van der Waals surface area contributed by atoms with Gasteiger partial charge in [-0.05, 0) is 12.1 Å². The second kappa shape index (κ2) is 4.88. The van der Waals surface area contributed by atoms with Crippen LogP contribution in [0.1, 0.15) is 0 Å². The van der Waals surface area contributed by atoms with Gasteiger partial charge in [0.2, 0.25) is 5.13 Å². The van der Waals surface area contributed by atoms with Gasteiger partial charge in [-0.15, -0.1) is 10.2 Å². The van der Waals surface area contributed by atoms with E-state index in [-0.39, 0.29) is 6.03 Å². The third kappa shape index (κ3) is 2.76. The van der Waals surface area contributed by atoms with Gasteiger partial charge in [0.05, 0.1) is 0 Å². The maximum Gasteiger partial charge on any atom is 0.323 e. The smallest absolute Gasteiger partial charge is 0.323 e. The largest absolute Gasteiger partial charge is 0.331 e. The van der Waals surface area contributed by atoms with Crippen molar-refractivity contribution in [2.24, 2.45) is 0 Å². The molecule has 17 heavy (non-hydrogen) atoms. The van der Waals surface area contributed by atoms with Crippen molar-refractivity contribution < 1.29 is 4.79 Å². The lowest BCUT2D eigenvalue weighted by molar-refractivity contribution is 0.230. The molecule has 0 saturated carbocycles. The van der Waals surface area contributed by atoms with E-state index in [9.17, 15) is 4.79 Å². The van der Waals surface area contributed by atoms with Crippen molar-refractivity contribution in [2.75, 3.05) is 19.4 Å². The number of urea groups is 1. The first-order valence-corrected chi connectivity index (χ1v) is 5.70. The fourth-order valence-electron chi connectivity index (χ4n) is 1.08. The maximum absolute atomic E-state index is 11.4. The number of hydrogen-bond acceptors (Lipinski definition) is 5. The molecular formula is C10H11N5OS. The first-order chi connectivity index (χ1) is 8.16. The van der Waals surface area contributed by atoms with Gasteiger partial charge in [-0.2, -0.15) is 0 Å². The van der Waals surface area contributed by atoms with Gasteiger partial charge in [0.15, 0.2) is 5.01 Å². The third-order valence-electron chi connectivity index (χ3n) is 1.95. The Labute approximate surface area is 102 Å². The lowest BCUT2D eigenvalue weighted by atomic mass is 10.3. The Kier molecular flexibility index (Phi) is 3.29. The fraction of sp³-hybridized carbons (Fsp3) is 0.200. The average molecular weight is 249 g/mol. The Morgan fingerprint density at radius 3 is 2.88 bits per heavy atom. The minimum atomic E-state index is -0.223. The van der Waals surface area contributed by atoms with E-state index in [1.807, 2.05) is 12.1 Å². The van der Waals surface area contributed by atoms with Crippen LogP contribution in [0, 0.1) is 0 Å². The number of carbonyl (C=O) groups is 1. The van der Waals surface area contributed by atoms with Crippen LogP contribution in [-0.2, 0) is 0 Å². The summed E-state index contributed by atoms with van der Waals surface area (Å²) < 4.78 is 0. The Balaban J connectivity index is 2.14. The zero-order chi connectivity index (χ0) is 12.3. The summed E-state index contributed by atoms with van der Waals surface area (Å²) >= 11 is 1.31. The van der Waals surface area contributed by atoms with E-state index in [2.05, 4.69) is 20.5 Å². The molecule has 0 aromatic carbocycles. The topological polar surface area (TPSA) is 71.0 Å². The minimum Gasteiger partial charge on any atom is -0.331 e.